The Balaban J connectivity index is 1.66. The molecule has 0 amide bonds. The van der Waals surface area contributed by atoms with Crippen LogP contribution in [0.3, 0.4) is 0 Å². The Hall–Kier alpha value is -3.45. The molecule has 0 saturated heterocycles. The summed E-state index contributed by atoms with van der Waals surface area (Å²) in [6.45, 7) is 0. The van der Waals surface area contributed by atoms with Crippen LogP contribution in [-0.4, -0.2) is 9.55 Å². The summed E-state index contributed by atoms with van der Waals surface area (Å²) in [5.74, 6) is 1.13. The van der Waals surface area contributed by atoms with Gasteiger partial charge in [-0.1, -0.05) is 23.7 Å². The number of imidazole rings is 1. The summed E-state index contributed by atoms with van der Waals surface area (Å²) >= 11 is 5.85. The fraction of sp³-hybridized carbons (Fsp3) is 0.0455. The maximum Gasteiger partial charge on any atom is 0.416 e. The van der Waals surface area contributed by atoms with Crippen LogP contribution in [0.2, 0.25) is 5.02 Å². The number of ether oxygens (including phenoxy) is 1. The Morgan fingerprint density at radius 3 is 2.17 bits per heavy atom. The highest BCUT2D eigenvalue weighted by Gasteiger charge is 2.30. The maximum atomic E-state index is 13.1. The van der Waals surface area contributed by atoms with Gasteiger partial charge < -0.3 is 9.72 Å². The number of alkyl halides is 3. The van der Waals surface area contributed by atoms with E-state index in [1.54, 1.807) is 48.5 Å². The van der Waals surface area contributed by atoms with Gasteiger partial charge in [-0.15, -0.1) is 0 Å². The number of aromatic nitrogens is 2. The van der Waals surface area contributed by atoms with E-state index in [1.807, 2.05) is 0 Å². The number of benzene rings is 3. The molecular formula is C22H14ClF3N2O2. The molecule has 152 valence electrons. The van der Waals surface area contributed by atoms with Crippen molar-refractivity contribution in [3.63, 3.8) is 0 Å². The number of halogens is 4. The van der Waals surface area contributed by atoms with E-state index >= 15 is 0 Å². The lowest BCUT2D eigenvalue weighted by Gasteiger charge is -2.11. The van der Waals surface area contributed by atoms with E-state index in [0.717, 1.165) is 12.1 Å². The molecule has 0 aliphatic carbocycles. The molecule has 30 heavy (non-hydrogen) atoms. The summed E-state index contributed by atoms with van der Waals surface area (Å²) in [5.41, 5.74) is -0.181. The van der Waals surface area contributed by atoms with Crippen LogP contribution in [-0.2, 0) is 6.18 Å². The van der Waals surface area contributed by atoms with Crippen LogP contribution < -0.4 is 10.4 Å². The molecule has 8 heteroatoms. The van der Waals surface area contributed by atoms with Crippen LogP contribution >= 0.6 is 11.6 Å². The maximum absolute atomic E-state index is 13.1. The van der Waals surface area contributed by atoms with Crippen LogP contribution in [0.25, 0.3) is 16.9 Å². The number of aromatic amines is 1. The molecule has 0 aliphatic heterocycles. The lowest BCUT2D eigenvalue weighted by atomic mass is 10.1. The number of rotatable bonds is 4. The van der Waals surface area contributed by atoms with Crippen LogP contribution in [0.1, 0.15) is 5.56 Å². The summed E-state index contributed by atoms with van der Waals surface area (Å²) in [6.07, 6.45) is -3.09. The lowest BCUT2D eigenvalue weighted by molar-refractivity contribution is -0.137. The Morgan fingerprint density at radius 1 is 0.900 bits per heavy atom. The molecular weight excluding hydrogens is 417 g/mol. The zero-order valence-corrected chi connectivity index (χ0v) is 16.0. The lowest BCUT2D eigenvalue weighted by Crippen LogP contribution is -2.15. The van der Waals surface area contributed by atoms with Gasteiger partial charge in [-0.25, -0.2) is 4.79 Å². The van der Waals surface area contributed by atoms with Crippen molar-refractivity contribution in [2.24, 2.45) is 0 Å². The Labute approximate surface area is 174 Å². The first-order valence-corrected chi connectivity index (χ1v) is 9.21. The van der Waals surface area contributed by atoms with Gasteiger partial charge in [-0.2, -0.15) is 13.2 Å². The van der Waals surface area contributed by atoms with Crippen molar-refractivity contribution in [2.75, 3.05) is 0 Å². The second-order valence-corrected chi connectivity index (χ2v) is 6.88. The van der Waals surface area contributed by atoms with Crippen LogP contribution in [0.4, 0.5) is 13.2 Å². The van der Waals surface area contributed by atoms with E-state index in [2.05, 4.69) is 4.98 Å². The molecule has 0 fully saturated rings. The predicted octanol–water partition coefficient (Wildman–Crippen LogP) is 6.30. The third-order valence-electron chi connectivity index (χ3n) is 4.41. The molecule has 1 N–H and O–H groups in total. The van der Waals surface area contributed by atoms with Gasteiger partial charge in [0.2, 0.25) is 0 Å². The summed E-state index contributed by atoms with van der Waals surface area (Å²) in [5, 5.41) is 0.589. The molecule has 0 saturated carbocycles. The third-order valence-corrected chi connectivity index (χ3v) is 4.66. The minimum atomic E-state index is -4.47. The van der Waals surface area contributed by atoms with Gasteiger partial charge in [-0.3, -0.25) is 4.57 Å². The van der Waals surface area contributed by atoms with E-state index in [0.29, 0.717) is 27.9 Å². The smallest absolute Gasteiger partial charge is 0.416 e. The Bertz CT molecular complexity index is 1230. The first kappa shape index (κ1) is 19.8. The fourth-order valence-electron chi connectivity index (χ4n) is 2.99. The summed E-state index contributed by atoms with van der Waals surface area (Å²) < 4.78 is 46.2. The van der Waals surface area contributed by atoms with E-state index in [-0.39, 0.29) is 5.56 Å². The Kier molecular flexibility index (Phi) is 5.13. The van der Waals surface area contributed by atoms with Crippen molar-refractivity contribution in [3.8, 4) is 28.4 Å². The molecule has 0 unspecified atom stereocenters. The molecule has 0 radical (unpaired) electrons. The molecule has 0 spiro atoms. The van der Waals surface area contributed by atoms with Gasteiger partial charge >= 0.3 is 11.9 Å². The van der Waals surface area contributed by atoms with Crippen LogP contribution in [0, 0.1) is 0 Å². The van der Waals surface area contributed by atoms with Crippen molar-refractivity contribution >= 4 is 11.6 Å². The molecule has 4 rings (SSSR count). The number of nitrogens with zero attached hydrogens (tertiary/aromatic N) is 1. The largest absolute Gasteiger partial charge is 0.457 e. The van der Waals surface area contributed by atoms with Crippen molar-refractivity contribution < 1.29 is 17.9 Å². The summed E-state index contributed by atoms with van der Waals surface area (Å²) in [6, 6.07) is 18.3. The molecule has 0 bridgehead atoms. The molecule has 1 heterocycles. The molecule has 0 aliphatic rings. The number of hydrogen-bond donors (Lipinski definition) is 1. The van der Waals surface area contributed by atoms with Crippen molar-refractivity contribution in [1.29, 1.82) is 0 Å². The molecule has 1 aromatic heterocycles. The second kappa shape index (κ2) is 7.76. The monoisotopic (exact) mass is 430 g/mol. The third kappa shape index (κ3) is 4.11. The van der Waals surface area contributed by atoms with Crippen molar-refractivity contribution in [3.05, 3.63) is 100 Å². The van der Waals surface area contributed by atoms with Crippen LogP contribution in [0.5, 0.6) is 11.5 Å². The van der Waals surface area contributed by atoms with E-state index in [9.17, 15) is 18.0 Å². The average Bonchev–Trinajstić information content (AvgIpc) is 3.11. The van der Waals surface area contributed by atoms with Crippen LogP contribution in [0.15, 0.2) is 83.8 Å². The summed E-state index contributed by atoms with van der Waals surface area (Å²) in [4.78, 5) is 14.9. The van der Waals surface area contributed by atoms with E-state index in [4.69, 9.17) is 16.3 Å². The van der Waals surface area contributed by atoms with Gasteiger partial charge in [0.25, 0.3) is 0 Å². The standard InChI is InChI=1S/C22H14ClF3N2O2/c23-16-4-8-18(9-5-16)30-19-10-6-17(7-11-19)28-20(13-27-21(28)29)14-2-1-3-15(12-14)22(24,25)26/h1-13H,(H,27,29). The SMILES string of the molecule is O=c1[nH]cc(-c2cccc(C(F)(F)F)c2)n1-c1ccc(Oc2ccc(Cl)cc2)cc1. The van der Waals surface area contributed by atoms with E-state index < -0.39 is 17.4 Å². The molecule has 4 aromatic rings. The van der Waals surface area contributed by atoms with Crippen molar-refractivity contribution in [1.82, 2.24) is 9.55 Å². The predicted molar refractivity (Wildman–Crippen MR) is 108 cm³/mol. The minimum Gasteiger partial charge on any atom is -0.457 e. The van der Waals surface area contributed by atoms with E-state index in [1.165, 1.54) is 22.9 Å². The molecule has 4 nitrogen and oxygen atoms in total. The number of hydrogen-bond acceptors (Lipinski definition) is 2. The zero-order valence-electron chi connectivity index (χ0n) is 15.3. The fourth-order valence-corrected chi connectivity index (χ4v) is 3.12. The van der Waals surface area contributed by atoms with Gasteiger partial charge in [0, 0.05) is 16.8 Å². The topological polar surface area (TPSA) is 47.0 Å². The van der Waals surface area contributed by atoms with Crippen molar-refractivity contribution in [2.45, 2.75) is 6.18 Å². The first-order valence-electron chi connectivity index (χ1n) is 8.83. The van der Waals surface area contributed by atoms with Gasteiger partial charge in [-0.05, 0) is 60.7 Å². The highest BCUT2D eigenvalue weighted by atomic mass is 35.5. The quantitative estimate of drug-likeness (QED) is 0.413. The van der Waals surface area contributed by atoms with Gasteiger partial charge in [0.15, 0.2) is 0 Å². The highest BCUT2D eigenvalue weighted by Crippen LogP contribution is 2.32. The zero-order chi connectivity index (χ0) is 21.3. The highest BCUT2D eigenvalue weighted by molar-refractivity contribution is 6.30. The minimum absolute atomic E-state index is 0.268. The number of nitrogens with one attached hydrogen (secondary N) is 1. The molecule has 0 atom stereocenters. The number of H-pyrrole nitrogens is 1. The Morgan fingerprint density at radius 2 is 1.53 bits per heavy atom. The van der Waals surface area contributed by atoms with Gasteiger partial charge in [0.1, 0.15) is 11.5 Å². The average molecular weight is 431 g/mol. The second-order valence-electron chi connectivity index (χ2n) is 6.44. The van der Waals surface area contributed by atoms with Gasteiger partial charge in [0.05, 0.1) is 16.9 Å². The normalized spacial score (nSPS) is 11.5. The summed E-state index contributed by atoms with van der Waals surface area (Å²) in [7, 11) is 0. The molecule has 3 aromatic carbocycles. The first-order chi connectivity index (χ1) is 14.3.